The Balaban J connectivity index is 2.06. The molecule has 2 aromatic carbocycles. The fourth-order valence-corrected chi connectivity index (χ4v) is 3.64. The highest BCUT2D eigenvalue weighted by Crippen LogP contribution is 2.41. The third kappa shape index (κ3) is 2.65. The number of rotatable bonds is 4. The average molecular weight is 308 g/mol. The molecule has 1 aliphatic rings. The second kappa shape index (κ2) is 5.95. The van der Waals surface area contributed by atoms with Crippen molar-refractivity contribution in [1.82, 2.24) is 0 Å². The molecule has 0 saturated heterocycles. The first kappa shape index (κ1) is 14.8. The van der Waals surface area contributed by atoms with E-state index in [0.717, 1.165) is 4.90 Å². The maximum atomic E-state index is 12.7. The van der Waals surface area contributed by atoms with Gasteiger partial charge in [0.2, 0.25) is 0 Å². The van der Waals surface area contributed by atoms with E-state index in [1.165, 1.54) is 11.8 Å². The molecule has 3 rings (SSSR count). The lowest BCUT2D eigenvalue weighted by molar-refractivity contribution is 0.0827. The summed E-state index contributed by atoms with van der Waals surface area (Å²) in [4.78, 5) is 14.2. The zero-order valence-electron chi connectivity index (χ0n) is 12.0. The molecule has 1 N–H and O–H groups in total. The normalized spacial score (nSPS) is 20.2. The van der Waals surface area contributed by atoms with Gasteiger partial charge in [0, 0.05) is 16.9 Å². The van der Waals surface area contributed by atoms with Gasteiger partial charge in [-0.15, -0.1) is 6.58 Å². The molecule has 110 valence electrons. The van der Waals surface area contributed by atoms with Crippen molar-refractivity contribution in [2.45, 2.75) is 16.9 Å². The molecule has 1 unspecified atom stereocenters. The number of aliphatic hydroxyl groups is 1. The zero-order chi connectivity index (χ0) is 15.6. The number of thioether (sulfide) groups is 1. The van der Waals surface area contributed by atoms with E-state index < -0.39 is 5.60 Å². The maximum Gasteiger partial charge on any atom is 0.199 e. The van der Waals surface area contributed by atoms with Gasteiger partial charge in [0.1, 0.15) is 5.60 Å². The highest BCUT2D eigenvalue weighted by molar-refractivity contribution is 8.04. The summed E-state index contributed by atoms with van der Waals surface area (Å²) in [6, 6.07) is 16.9. The summed E-state index contributed by atoms with van der Waals surface area (Å²) in [7, 11) is 0. The Bertz CT molecular complexity index is 749. The maximum absolute atomic E-state index is 12.7. The van der Waals surface area contributed by atoms with Crippen LogP contribution in [0.2, 0.25) is 0 Å². The van der Waals surface area contributed by atoms with Crippen LogP contribution in [-0.2, 0) is 5.60 Å². The van der Waals surface area contributed by atoms with Gasteiger partial charge in [-0.3, -0.25) is 4.79 Å². The Morgan fingerprint density at radius 3 is 2.50 bits per heavy atom. The van der Waals surface area contributed by atoms with Crippen molar-refractivity contribution in [2.24, 2.45) is 0 Å². The second-order valence-electron chi connectivity index (χ2n) is 5.22. The number of carbonyl (C=O) groups excluding carboxylic acids is 1. The van der Waals surface area contributed by atoms with Crippen LogP contribution in [0.1, 0.15) is 22.3 Å². The van der Waals surface area contributed by atoms with E-state index in [2.05, 4.69) is 6.58 Å². The standard InChI is InChI=1S/C19H16O2S/c1-2-12-19(21)13-17(22-14-8-4-3-5-9-14)18(20)15-10-6-7-11-16(15)19/h2-11,13,21H,1,12H2. The van der Waals surface area contributed by atoms with Crippen molar-refractivity contribution in [3.63, 3.8) is 0 Å². The molecule has 0 aromatic heterocycles. The van der Waals surface area contributed by atoms with Crippen molar-refractivity contribution < 1.29 is 9.90 Å². The highest BCUT2D eigenvalue weighted by Gasteiger charge is 2.36. The molecule has 0 fully saturated rings. The van der Waals surface area contributed by atoms with E-state index >= 15 is 0 Å². The van der Waals surface area contributed by atoms with Crippen molar-refractivity contribution in [2.75, 3.05) is 0 Å². The van der Waals surface area contributed by atoms with Gasteiger partial charge in [0.05, 0.1) is 4.91 Å². The summed E-state index contributed by atoms with van der Waals surface area (Å²) in [6.07, 6.45) is 3.71. The van der Waals surface area contributed by atoms with Crippen LogP contribution in [-0.4, -0.2) is 10.9 Å². The summed E-state index contributed by atoms with van der Waals surface area (Å²) in [5, 5.41) is 11.0. The van der Waals surface area contributed by atoms with Crippen molar-refractivity contribution in [3.05, 3.63) is 89.4 Å². The first-order valence-corrected chi connectivity index (χ1v) is 7.89. The fourth-order valence-electron chi connectivity index (χ4n) is 2.63. The minimum Gasteiger partial charge on any atom is -0.381 e. The van der Waals surface area contributed by atoms with E-state index in [1.807, 2.05) is 42.5 Å². The first-order chi connectivity index (χ1) is 10.6. The molecule has 0 radical (unpaired) electrons. The third-order valence-electron chi connectivity index (χ3n) is 3.66. The molecule has 3 heteroatoms. The Morgan fingerprint density at radius 2 is 1.77 bits per heavy atom. The number of hydrogen-bond donors (Lipinski definition) is 1. The van der Waals surface area contributed by atoms with Crippen molar-refractivity contribution in [3.8, 4) is 0 Å². The lowest BCUT2D eigenvalue weighted by Crippen LogP contribution is -2.30. The van der Waals surface area contributed by atoms with Crippen LogP contribution in [0.15, 0.2) is 83.1 Å². The Hall–Kier alpha value is -2.10. The lowest BCUT2D eigenvalue weighted by atomic mass is 9.81. The molecular formula is C19H16O2S. The van der Waals surface area contributed by atoms with Crippen LogP contribution in [0.3, 0.4) is 0 Å². The molecule has 0 heterocycles. The number of allylic oxidation sites excluding steroid dienone is 1. The number of ketones is 1. The molecule has 1 atom stereocenters. The van der Waals surface area contributed by atoms with Crippen LogP contribution >= 0.6 is 11.8 Å². The summed E-state index contributed by atoms with van der Waals surface area (Å²) in [5.74, 6) is -0.0433. The van der Waals surface area contributed by atoms with Gasteiger partial charge >= 0.3 is 0 Å². The highest BCUT2D eigenvalue weighted by atomic mass is 32.2. The molecular weight excluding hydrogens is 292 g/mol. The zero-order valence-corrected chi connectivity index (χ0v) is 12.8. The quantitative estimate of drug-likeness (QED) is 0.855. The molecule has 2 nitrogen and oxygen atoms in total. The smallest absolute Gasteiger partial charge is 0.199 e. The van der Waals surface area contributed by atoms with Gasteiger partial charge < -0.3 is 5.11 Å². The number of carbonyl (C=O) groups is 1. The van der Waals surface area contributed by atoms with E-state index in [4.69, 9.17) is 0 Å². The number of fused-ring (bicyclic) bond motifs is 1. The molecule has 1 aliphatic carbocycles. The first-order valence-electron chi connectivity index (χ1n) is 7.07. The van der Waals surface area contributed by atoms with Crippen LogP contribution in [0.5, 0.6) is 0 Å². The molecule has 0 aliphatic heterocycles. The van der Waals surface area contributed by atoms with Crippen molar-refractivity contribution in [1.29, 1.82) is 0 Å². The van der Waals surface area contributed by atoms with Gasteiger partial charge in [0.15, 0.2) is 5.78 Å². The summed E-state index contributed by atoms with van der Waals surface area (Å²) >= 11 is 1.38. The van der Waals surface area contributed by atoms with Gasteiger partial charge in [-0.25, -0.2) is 0 Å². The average Bonchev–Trinajstić information content (AvgIpc) is 2.54. The summed E-state index contributed by atoms with van der Waals surface area (Å²) in [6.45, 7) is 3.72. The molecule has 0 spiro atoms. The van der Waals surface area contributed by atoms with Gasteiger partial charge in [-0.05, 0) is 23.8 Å². The third-order valence-corrected chi connectivity index (χ3v) is 4.69. The van der Waals surface area contributed by atoms with Crippen LogP contribution in [0, 0.1) is 0 Å². The molecule has 22 heavy (non-hydrogen) atoms. The van der Waals surface area contributed by atoms with Gasteiger partial charge in [0.25, 0.3) is 0 Å². The molecule has 0 bridgehead atoms. The van der Waals surface area contributed by atoms with Crippen LogP contribution < -0.4 is 0 Å². The molecule has 0 amide bonds. The van der Waals surface area contributed by atoms with Gasteiger partial charge in [-0.1, -0.05) is 60.3 Å². The number of Topliss-reactive ketones (excluding diaryl/α,β-unsaturated/α-hetero) is 1. The van der Waals surface area contributed by atoms with Crippen LogP contribution in [0.25, 0.3) is 0 Å². The van der Waals surface area contributed by atoms with Gasteiger partial charge in [-0.2, -0.15) is 0 Å². The van der Waals surface area contributed by atoms with Crippen molar-refractivity contribution >= 4 is 17.5 Å². The SMILES string of the molecule is C=CCC1(O)C=C(Sc2ccccc2)C(=O)c2ccccc21. The van der Waals surface area contributed by atoms with E-state index in [9.17, 15) is 9.90 Å². The summed E-state index contributed by atoms with van der Waals surface area (Å²) in [5.41, 5.74) is 0.0358. The van der Waals surface area contributed by atoms with E-state index in [-0.39, 0.29) is 5.78 Å². The largest absolute Gasteiger partial charge is 0.381 e. The molecule has 2 aromatic rings. The fraction of sp³-hybridized carbons (Fsp3) is 0.105. The number of benzene rings is 2. The predicted molar refractivity (Wildman–Crippen MR) is 89.9 cm³/mol. The predicted octanol–water partition coefficient (Wildman–Crippen LogP) is 4.32. The topological polar surface area (TPSA) is 37.3 Å². The Kier molecular flexibility index (Phi) is 4.01. The lowest BCUT2D eigenvalue weighted by Gasteiger charge is -2.31. The Morgan fingerprint density at radius 1 is 1.09 bits per heavy atom. The number of hydrogen-bond acceptors (Lipinski definition) is 3. The van der Waals surface area contributed by atoms with E-state index in [1.54, 1.807) is 24.3 Å². The monoisotopic (exact) mass is 308 g/mol. The van der Waals surface area contributed by atoms with E-state index in [0.29, 0.717) is 22.5 Å². The Labute approximate surface area is 134 Å². The minimum atomic E-state index is -1.18. The summed E-state index contributed by atoms with van der Waals surface area (Å²) < 4.78 is 0. The minimum absolute atomic E-state index is 0.0433. The second-order valence-corrected chi connectivity index (χ2v) is 6.33. The van der Waals surface area contributed by atoms with Crippen LogP contribution in [0.4, 0.5) is 0 Å². The molecule has 0 saturated carbocycles.